The molecule has 1 aromatic carbocycles. The van der Waals surface area contributed by atoms with Crippen molar-refractivity contribution in [3.05, 3.63) is 35.4 Å². The summed E-state index contributed by atoms with van der Waals surface area (Å²) in [7, 11) is 0. The second-order valence-corrected chi connectivity index (χ2v) is 6.49. The first-order valence-electron chi connectivity index (χ1n) is 8.92. The lowest BCUT2D eigenvalue weighted by atomic mass is 9.84. The number of benzene rings is 1. The SMILES string of the molecule is CCCCC1CCC(OC(=O)OOOC(=O)c2ccccc2C)CC1. The van der Waals surface area contributed by atoms with Gasteiger partial charge in [-0.15, -0.1) is 0 Å². The maximum absolute atomic E-state index is 11.8. The summed E-state index contributed by atoms with van der Waals surface area (Å²) < 4.78 is 5.18. The summed E-state index contributed by atoms with van der Waals surface area (Å²) in [6.07, 6.45) is 6.31. The molecular weight excluding hydrogens is 324 g/mol. The molecular formula is C19H26O6. The van der Waals surface area contributed by atoms with E-state index in [1.807, 2.05) is 0 Å². The van der Waals surface area contributed by atoms with E-state index in [4.69, 9.17) is 4.74 Å². The van der Waals surface area contributed by atoms with Crippen LogP contribution < -0.4 is 0 Å². The third-order valence-corrected chi connectivity index (χ3v) is 4.60. The zero-order valence-corrected chi connectivity index (χ0v) is 14.9. The molecule has 138 valence electrons. The summed E-state index contributed by atoms with van der Waals surface area (Å²) in [6.45, 7) is 3.96. The second kappa shape index (κ2) is 10.0. The number of rotatable bonds is 7. The van der Waals surface area contributed by atoms with E-state index in [0.717, 1.165) is 37.2 Å². The van der Waals surface area contributed by atoms with Crippen LogP contribution in [0.5, 0.6) is 0 Å². The molecule has 0 radical (unpaired) electrons. The van der Waals surface area contributed by atoms with E-state index >= 15 is 0 Å². The number of carbonyl (C=O) groups excluding carboxylic acids is 2. The zero-order chi connectivity index (χ0) is 18.1. The van der Waals surface area contributed by atoms with Crippen LogP contribution in [0.3, 0.4) is 0 Å². The van der Waals surface area contributed by atoms with Crippen molar-refractivity contribution >= 4 is 12.1 Å². The Kier molecular flexibility index (Phi) is 7.73. The van der Waals surface area contributed by atoms with Crippen molar-refractivity contribution in [2.75, 3.05) is 0 Å². The molecule has 0 amide bonds. The van der Waals surface area contributed by atoms with E-state index in [2.05, 4.69) is 21.7 Å². The van der Waals surface area contributed by atoms with E-state index in [1.165, 1.54) is 19.3 Å². The summed E-state index contributed by atoms with van der Waals surface area (Å²) >= 11 is 0. The standard InChI is InChI=1S/C19H26O6/c1-3-4-8-15-10-12-16(13-11-15)22-19(21)24-25-23-18(20)17-9-6-5-7-14(17)2/h5-7,9,15-16H,3-4,8,10-13H2,1-2H3. The number of hydrogen-bond donors (Lipinski definition) is 0. The van der Waals surface area contributed by atoms with E-state index in [1.54, 1.807) is 31.2 Å². The van der Waals surface area contributed by atoms with E-state index in [0.29, 0.717) is 5.56 Å². The van der Waals surface area contributed by atoms with Gasteiger partial charge in [-0.1, -0.05) is 44.4 Å². The van der Waals surface area contributed by atoms with Crippen molar-refractivity contribution in [2.24, 2.45) is 5.92 Å². The second-order valence-electron chi connectivity index (χ2n) is 6.49. The minimum absolute atomic E-state index is 0.166. The highest BCUT2D eigenvalue weighted by Gasteiger charge is 2.25. The first-order valence-corrected chi connectivity index (χ1v) is 8.92. The van der Waals surface area contributed by atoms with Crippen LogP contribution in [0, 0.1) is 12.8 Å². The fourth-order valence-corrected chi connectivity index (χ4v) is 3.11. The quantitative estimate of drug-likeness (QED) is 0.396. The highest BCUT2D eigenvalue weighted by atomic mass is 17.5. The highest BCUT2D eigenvalue weighted by Crippen LogP contribution is 2.29. The molecule has 0 N–H and O–H groups in total. The van der Waals surface area contributed by atoms with E-state index < -0.39 is 12.1 Å². The van der Waals surface area contributed by atoms with Crippen LogP contribution in [0.1, 0.15) is 67.8 Å². The lowest BCUT2D eigenvalue weighted by molar-refractivity contribution is -0.453. The number of unbranched alkanes of at least 4 members (excludes halogenated alkanes) is 1. The molecule has 25 heavy (non-hydrogen) atoms. The molecule has 0 aliphatic heterocycles. The lowest BCUT2D eigenvalue weighted by Gasteiger charge is -2.27. The Morgan fingerprint density at radius 1 is 1.08 bits per heavy atom. The average Bonchev–Trinajstić information content (AvgIpc) is 2.61. The molecule has 0 atom stereocenters. The Morgan fingerprint density at radius 2 is 1.80 bits per heavy atom. The minimum atomic E-state index is -0.991. The third kappa shape index (κ3) is 6.38. The number of aryl methyl sites for hydroxylation is 1. The minimum Gasteiger partial charge on any atom is -0.429 e. The monoisotopic (exact) mass is 350 g/mol. The van der Waals surface area contributed by atoms with E-state index in [-0.39, 0.29) is 6.10 Å². The van der Waals surface area contributed by atoms with Crippen LogP contribution in [-0.4, -0.2) is 18.2 Å². The maximum atomic E-state index is 11.8. The molecule has 0 unspecified atom stereocenters. The molecule has 1 aliphatic carbocycles. The van der Waals surface area contributed by atoms with Gasteiger partial charge in [-0.2, -0.15) is 0 Å². The van der Waals surface area contributed by atoms with Crippen LogP contribution >= 0.6 is 0 Å². The summed E-state index contributed by atoms with van der Waals surface area (Å²) in [5.74, 6) is -0.00975. The molecule has 1 saturated carbocycles. The van der Waals surface area contributed by atoms with Crippen molar-refractivity contribution < 1.29 is 29.1 Å². The Labute approximate surface area is 148 Å². The molecule has 0 saturated heterocycles. The Balaban J connectivity index is 1.63. The molecule has 0 bridgehead atoms. The van der Waals surface area contributed by atoms with Crippen LogP contribution in [0.2, 0.25) is 0 Å². The summed E-state index contributed by atoms with van der Waals surface area (Å²) in [4.78, 5) is 32.2. The molecule has 0 aromatic heterocycles. The maximum Gasteiger partial charge on any atom is 0.543 e. The Hall–Kier alpha value is -2.08. The molecule has 1 fully saturated rings. The van der Waals surface area contributed by atoms with E-state index in [9.17, 15) is 9.59 Å². The molecule has 1 aliphatic rings. The topological polar surface area (TPSA) is 71.1 Å². The Morgan fingerprint density at radius 3 is 2.48 bits per heavy atom. The lowest BCUT2D eigenvalue weighted by Crippen LogP contribution is -2.25. The molecule has 0 heterocycles. The smallest absolute Gasteiger partial charge is 0.429 e. The van der Waals surface area contributed by atoms with Gasteiger partial charge in [0.1, 0.15) is 6.10 Å². The first-order chi connectivity index (χ1) is 12.1. The molecule has 2 rings (SSSR count). The van der Waals surface area contributed by atoms with Crippen molar-refractivity contribution in [3.8, 4) is 0 Å². The molecule has 0 spiro atoms. The van der Waals surface area contributed by atoms with Gasteiger partial charge in [-0.25, -0.2) is 14.5 Å². The average molecular weight is 350 g/mol. The fraction of sp³-hybridized carbons (Fsp3) is 0.579. The van der Waals surface area contributed by atoms with Gasteiger partial charge in [0, 0.05) is 0 Å². The number of hydrogen-bond acceptors (Lipinski definition) is 6. The Bertz CT molecular complexity index is 563. The summed E-state index contributed by atoms with van der Waals surface area (Å²) in [6, 6.07) is 6.87. The van der Waals surface area contributed by atoms with Gasteiger partial charge in [0.2, 0.25) is 0 Å². The predicted octanol–water partition coefficient (Wildman–Crippen LogP) is 4.90. The van der Waals surface area contributed by atoms with Crippen molar-refractivity contribution in [1.82, 2.24) is 0 Å². The van der Waals surface area contributed by atoms with Crippen LogP contribution in [0.15, 0.2) is 24.3 Å². The normalized spacial score (nSPS) is 19.9. The molecule has 1 aromatic rings. The van der Waals surface area contributed by atoms with Gasteiger partial charge in [0.15, 0.2) is 0 Å². The fourth-order valence-electron chi connectivity index (χ4n) is 3.11. The van der Waals surface area contributed by atoms with Crippen molar-refractivity contribution in [3.63, 3.8) is 0 Å². The summed E-state index contributed by atoms with van der Waals surface area (Å²) in [5, 5.41) is 4.26. The predicted molar refractivity (Wildman–Crippen MR) is 90.5 cm³/mol. The zero-order valence-electron chi connectivity index (χ0n) is 14.9. The molecule has 6 nitrogen and oxygen atoms in total. The van der Waals surface area contributed by atoms with Gasteiger partial charge >= 0.3 is 12.1 Å². The largest absolute Gasteiger partial charge is 0.543 e. The van der Waals surface area contributed by atoms with Gasteiger partial charge in [0.25, 0.3) is 0 Å². The van der Waals surface area contributed by atoms with Crippen molar-refractivity contribution in [2.45, 2.75) is 64.9 Å². The summed E-state index contributed by atoms with van der Waals surface area (Å²) in [5.41, 5.74) is 1.07. The van der Waals surface area contributed by atoms with Gasteiger partial charge in [-0.3, -0.25) is 4.89 Å². The van der Waals surface area contributed by atoms with Crippen LogP contribution in [0.4, 0.5) is 4.79 Å². The molecule has 6 heteroatoms. The first kappa shape index (κ1) is 19.2. The van der Waals surface area contributed by atoms with Gasteiger partial charge in [-0.05, 0) is 50.2 Å². The number of ether oxygens (including phenoxy) is 1. The van der Waals surface area contributed by atoms with Crippen LogP contribution in [0.25, 0.3) is 0 Å². The van der Waals surface area contributed by atoms with Gasteiger partial charge in [0.05, 0.1) is 10.6 Å². The van der Waals surface area contributed by atoms with Gasteiger partial charge < -0.3 is 4.74 Å². The van der Waals surface area contributed by atoms with Crippen molar-refractivity contribution in [1.29, 1.82) is 0 Å². The number of carbonyl (C=O) groups is 2. The highest BCUT2D eigenvalue weighted by molar-refractivity contribution is 5.90. The third-order valence-electron chi connectivity index (χ3n) is 4.60. The van der Waals surface area contributed by atoms with Crippen LogP contribution in [-0.2, 0) is 19.6 Å².